The zero-order valence-corrected chi connectivity index (χ0v) is 18.0. The lowest BCUT2D eigenvalue weighted by Gasteiger charge is -2.39. The van der Waals surface area contributed by atoms with E-state index >= 15 is 0 Å². The van der Waals surface area contributed by atoms with Gasteiger partial charge in [-0.15, -0.1) is 0 Å². The first-order valence-electron chi connectivity index (χ1n) is 10.1. The van der Waals surface area contributed by atoms with Gasteiger partial charge in [-0.2, -0.15) is 0 Å². The van der Waals surface area contributed by atoms with Crippen LogP contribution in [-0.2, 0) is 11.4 Å². The zero-order valence-electron chi connectivity index (χ0n) is 18.0. The number of anilines is 2. The van der Waals surface area contributed by atoms with E-state index in [1.54, 1.807) is 25.1 Å². The predicted octanol–water partition coefficient (Wildman–Crippen LogP) is 5.25. The van der Waals surface area contributed by atoms with Crippen molar-refractivity contribution >= 4 is 17.3 Å². The fourth-order valence-electron chi connectivity index (χ4n) is 3.99. The van der Waals surface area contributed by atoms with Gasteiger partial charge in [-0.1, -0.05) is 24.3 Å². The Morgan fingerprint density at radius 2 is 1.77 bits per heavy atom. The minimum absolute atomic E-state index is 0.0654. The first kappa shape index (κ1) is 20.7. The first-order valence-corrected chi connectivity index (χ1v) is 10.1. The lowest BCUT2D eigenvalue weighted by atomic mass is 9.92. The Morgan fingerprint density at radius 3 is 2.48 bits per heavy atom. The Kier molecular flexibility index (Phi) is 5.31. The Hall–Kier alpha value is -3.54. The third-order valence-electron chi connectivity index (χ3n) is 5.48. The summed E-state index contributed by atoms with van der Waals surface area (Å²) in [4.78, 5) is 14.6. The Labute approximate surface area is 181 Å². The van der Waals surface area contributed by atoms with Crippen LogP contribution < -0.4 is 19.7 Å². The number of hydrogen-bond acceptors (Lipinski definition) is 4. The van der Waals surface area contributed by atoms with E-state index in [1.165, 1.54) is 12.1 Å². The summed E-state index contributed by atoms with van der Waals surface area (Å²) in [6.07, 6.45) is 0. The minimum atomic E-state index is -0.739. The van der Waals surface area contributed by atoms with Crippen molar-refractivity contribution in [2.75, 3.05) is 24.4 Å². The van der Waals surface area contributed by atoms with E-state index in [0.717, 1.165) is 16.8 Å². The molecule has 5 nitrogen and oxygen atoms in total. The van der Waals surface area contributed by atoms with Gasteiger partial charge < -0.3 is 19.7 Å². The number of benzene rings is 3. The van der Waals surface area contributed by atoms with Crippen LogP contribution in [0.2, 0.25) is 0 Å². The van der Waals surface area contributed by atoms with Crippen molar-refractivity contribution in [3.63, 3.8) is 0 Å². The molecule has 0 saturated heterocycles. The number of carbonyl (C=O) groups excluding carboxylic acids is 1. The SMILES string of the molecule is COc1ccc(F)cc1-c1ccc2c(c1COc1ccccc1)N(C)C(=O)C(C)(C)N2. The van der Waals surface area contributed by atoms with Crippen LogP contribution in [0, 0.1) is 5.82 Å². The van der Waals surface area contributed by atoms with Crippen molar-refractivity contribution < 1.29 is 18.7 Å². The highest BCUT2D eigenvalue weighted by Crippen LogP contribution is 2.44. The van der Waals surface area contributed by atoms with Gasteiger partial charge in [-0.25, -0.2) is 4.39 Å². The molecule has 3 aromatic rings. The molecule has 0 radical (unpaired) electrons. The molecule has 1 aliphatic heterocycles. The molecule has 0 atom stereocenters. The second kappa shape index (κ2) is 7.95. The number of carbonyl (C=O) groups is 1. The lowest BCUT2D eigenvalue weighted by Crippen LogP contribution is -2.52. The molecule has 0 unspecified atom stereocenters. The largest absolute Gasteiger partial charge is 0.496 e. The summed E-state index contributed by atoms with van der Waals surface area (Å²) in [5.74, 6) is 0.812. The van der Waals surface area contributed by atoms with E-state index in [-0.39, 0.29) is 18.3 Å². The molecule has 3 aromatic carbocycles. The molecule has 0 fully saturated rings. The molecule has 6 heteroatoms. The second-order valence-corrected chi connectivity index (χ2v) is 8.05. The van der Waals surface area contributed by atoms with Gasteiger partial charge in [0.1, 0.15) is 29.5 Å². The summed E-state index contributed by atoms with van der Waals surface area (Å²) >= 11 is 0. The van der Waals surface area contributed by atoms with Gasteiger partial charge in [0.25, 0.3) is 5.91 Å². The van der Waals surface area contributed by atoms with Crippen LogP contribution in [0.1, 0.15) is 19.4 Å². The summed E-state index contributed by atoms with van der Waals surface area (Å²) in [5, 5.41) is 3.32. The highest BCUT2D eigenvalue weighted by Gasteiger charge is 2.38. The summed E-state index contributed by atoms with van der Waals surface area (Å²) < 4.78 is 25.7. The second-order valence-electron chi connectivity index (χ2n) is 8.05. The zero-order chi connectivity index (χ0) is 22.2. The third kappa shape index (κ3) is 3.81. The molecule has 1 amide bonds. The summed E-state index contributed by atoms with van der Waals surface area (Å²) in [6, 6.07) is 17.7. The molecule has 160 valence electrons. The average Bonchev–Trinajstić information content (AvgIpc) is 2.76. The predicted molar refractivity (Wildman–Crippen MR) is 120 cm³/mol. The number of likely N-dealkylation sites (N-methyl/N-ethyl adjacent to an activating group) is 1. The van der Waals surface area contributed by atoms with Crippen molar-refractivity contribution in [2.45, 2.75) is 26.0 Å². The Morgan fingerprint density at radius 1 is 1.03 bits per heavy atom. The van der Waals surface area contributed by atoms with Gasteiger partial charge in [0.05, 0.1) is 18.5 Å². The Balaban J connectivity index is 1.90. The topological polar surface area (TPSA) is 50.8 Å². The van der Waals surface area contributed by atoms with Gasteiger partial charge in [-0.05, 0) is 55.8 Å². The quantitative estimate of drug-likeness (QED) is 0.613. The maximum absolute atomic E-state index is 14.2. The molecule has 0 aliphatic carbocycles. The number of methoxy groups -OCH3 is 1. The molecular formula is C25H25FN2O3. The maximum atomic E-state index is 14.2. The fraction of sp³-hybridized carbons (Fsp3) is 0.240. The summed E-state index contributed by atoms with van der Waals surface area (Å²) in [6.45, 7) is 3.89. The molecule has 0 bridgehead atoms. The van der Waals surface area contributed by atoms with E-state index in [0.29, 0.717) is 22.7 Å². The summed E-state index contributed by atoms with van der Waals surface area (Å²) in [7, 11) is 3.30. The first-order chi connectivity index (χ1) is 14.8. The highest BCUT2D eigenvalue weighted by molar-refractivity contribution is 6.08. The van der Waals surface area contributed by atoms with Gasteiger partial charge in [-0.3, -0.25) is 4.79 Å². The summed E-state index contributed by atoms with van der Waals surface area (Å²) in [5.41, 5.74) is 2.90. The van der Waals surface area contributed by atoms with E-state index in [1.807, 2.05) is 56.3 Å². The monoisotopic (exact) mass is 420 g/mol. The van der Waals surface area contributed by atoms with Gasteiger partial charge in [0, 0.05) is 18.2 Å². The Bertz CT molecular complexity index is 1130. The number of nitrogens with one attached hydrogen (secondary N) is 1. The van der Waals surface area contributed by atoms with Crippen LogP contribution in [-0.4, -0.2) is 25.6 Å². The highest BCUT2D eigenvalue weighted by atomic mass is 19.1. The molecule has 0 aromatic heterocycles. The van der Waals surface area contributed by atoms with Crippen LogP contribution in [0.15, 0.2) is 60.7 Å². The number of para-hydroxylation sites is 1. The molecule has 1 heterocycles. The average molecular weight is 420 g/mol. The van der Waals surface area contributed by atoms with Gasteiger partial charge >= 0.3 is 0 Å². The van der Waals surface area contributed by atoms with Crippen LogP contribution in [0.3, 0.4) is 0 Å². The standard InChI is InChI=1S/C25H25FN2O3/c1-25(2)24(29)28(3)23-20(15-31-17-8-6-5-7-9-17)18(11-12-21(23)27-25)19-14-16(26)10-13-22(19)30-4/h5-14,27H,15H2,1-4H3. The van der Waals surface area contributed by atoms with Crippen molar-refractivity contribution in [2.24, 2.45) is 0 Å². The normalized spacial score (nSPS) is 14.6. The number of rotatable bonds is 5. The fourth-order valence-corrected chi connectivity index (χ4v) is 3.99. The van der Waals surface area contributed by atoms with Crippen LogP contribution in [0.4, 0.5) is 15.8 Å². The van der Waals surface area contributed by atoms with Crippen molar-refractivity contribution in [3.8, 4) is 22.6 Å². The van der Waals surface area contributed by atoms with Gasteiger partial charge in [0.15, 0.2) is 0 Å². The lowest BCUT2D eigenvalue weighted by molar-refractivity contribution is -0.121. The van der Waals surface area contributed by atoms with Crippen LogP contribution in [0.5, 0.6) is 11.5 Å². The number of amides is 1. The van der Waals surface area contributed by atoms with E-state index in [4.69, 9.17) is 9.47 Å². The van der Waals surface area contributed by atoms with Crippen molar-refractivity contribution in [1.82, 2.24) is 0 Å². The number of hydrogen-bond donors (Lipinski definition) is 1. The number of fused-ring (bicyclic) bond motifs is 1. The maximum Gasteiger partial charge on any atom is 0.251 e. The van der Waals surface area contributed by atoms with E-state index in [2.05, 4.69) is 5.32 Å². The van der Waals surface area contributed by atoms with Gasteiger partial charge in [0.2, 0.25) is 0 Å². The number of halogens is 1. The van der Waals surface area contributed by atoms with E-state index < -0.39 is 5.54 Å². The molecule has 31 heavy (non-hydrogen) atoms. The smallest absolute Gasteiger partial charge is 0.251 e. The minimum Gasteiger partial charge on any atom is -0.496 e. The molecular weight excluding hydrogens is 395 g/mol. The molecule has 4 rings (SSSR count). The number of ether oxygens (including phenoxy) is 2. The molecule has 0 spiro atoms. The van der Waals surface area contributed by atoms with Crippen molar-refractivity contribution in [1.29, 1.82) is 0 Å². The van der Waals surface area contributed by atoms with E-state index in [9.17, 15) is 9.18 Å². The third-order valence-corrected chi connectivity index (χ3v) is 5.48. The molecule has 0 saturated carbocycles. The molecule has 1 aliphatic rings. The van der Waals surface area contributed by atoms with Crippen molar-refractivity contribution in [3.05, 3.63) is 72.0 Å². The van der Waals surface area contributed by atoms with Crippen LogP contribution >= 0.6 is 0 Å². The molecule has 1 N–H and O–H groups in total. The number of nitrogens with zero attached hydrogens (tertiary/aromatic N) is 1. The van der Waals surface area contributed by atoms with Crippen LogP contribution in [0.25, 0.3) is 11.1 Å².